The van der Waals surface area contributed by atoms with Crippen molar-refractivity contribution in [2.45, 2.75) is 58.4 Å². The molecule has 1 saturated carbocycles. The molecule has 3 atom stereocenters. The summed E-state index contributed by atoms with van der Waals surface area (Å²) in [6.07, 6.45) is 3.63. The lowest BCUT2D eigenvalue weighted by Gasteiger charge is -2.42. The van der Waals surface area contributed by atoms with Gasteiger partial charge in [-0.25, -0.2) is 0 Å². The van der Waals surface area contributed by atoms with Gasteiger partial charge in [-0.05, 0) is 48.1 Å². The largest absolute Gasteiger partial charge is 0.321 e. The molecule has 1 aliphatic rings. The standard InChI is InChI=1S/C17H27N/c1-12(2)15-5-7-16(8-6-15)17(18)10-9-13(3)11-14(17)4/h5-8,12-14H,9-11,18H2,1-4H3. The summed E-state index contributed by atoms with van der Waals surface area (Å²) in [6, 6.07) is 9.00. The van der Waals surface area contributed by atoms with Crippen LogP contribution < -0.4 is 5.73 Å². The topological polar surface area (TPSA) is 26.0 Å². The zero-order chi connectivity index (χ0) is 13.3. The highest BCUT2D eigenvalue weighted by molar-refractivity contribution is 5.30. The van der Waals surface area contributed by atoms with Gasteiger partial charge in [0.1, 0.15) is 0 Å². The van der Waals surface area contributed by atoms with Crippen molar-refractivity contribution in [3.8, 4) is 0 Å². The molecule has 0 heterocycles. The van der Waals surface area contributed by atoms with Crippen LogP contribution >= 0.6 is 0 Å². The molecular weight excluding hydrogens is 218 g/mol. The molecule has 2 rings (SSSR count). The Kier molecular flexibility index (Phi) is 3.82. The molecule has 0 saturated heterocycles. The van der Waals surface area contributed by atoms with Crippen molar-refractivity contribution in [1.29, 1.82) is 0 Å². The molecule has 1 fully saturated rings. The Balaban J connectivity index is 2.24. The summed E-state index contributed by atoms with van der Waals surface area (Å²) in [7, 11) is 0. The second-order valence-electron chi connectivity index (χ2n) is 6.60. The maximum Gasteiger partial charge on any atom is 0.0435 e. The van der Waals surface area contributed by atoms with Crippen LogP contribution in [-0.4, -0.2) is 0 Å². The van der Waals surface area contributed by atoms with Gasteiger partial charge in [-0.1, -0.05) is 52.0 Å². The van der Waals surface area contributed by atoms with E-state index in [1.807, 2.05) is 0 Å². The predicted molar refractivity (Wildman–Crippen MR) is 78.6 cm³/mol. The number of rotatable bonds is 2. The van der Waals surface area contributed by atoms with Crippen LogP contribution in [0.3, 0.4) is 0 Å². The van der Waals surface area contributed by atoms with Crippen LogP contribution in [0.2, 0.25) is 0 Å². The van der Waals surface area contributed by atoms with Gasteiger partial charge in [-0.3, -0.25) is 0 Å². The van der Waals surface area contributed by atoms with Gasteiger partial charge in [0, 0.05) is 5.54 Å². The smallest absolute Gasteiger partial charge is 0.0435 e. The molecule has 18 heavy (non-hydrogen) atoms. The molecular formula is C17H27N. The van der Waals surface area contributed by atoms with Crippen molar-refractivity contribution in [3.05, 3.63) is 35.4 Å². The first-order valence-corrected chi connectivity index (χ1v) is 7.33. The summed E-state index contributed by atoms with van der Waals surface area (Å²) >= 11 is 0. The highest BCUT2D eigenvalue weighted by Gasteiger charge is 2.37. The molecule has 3 unspecified atom stereocenters. The quantitative estimate of drug-likeness (QED) is 0.820. The zero-order valence-electron chi connectivity index (χ0n) is 12.2. The first-order valence-electron chi connectivity index (χ1n) is 7.33. The van der Waals surface area contributed by atoms with Crippen molar-refractivity contribution in [3.63, 3.8) is 0 Å². The average molecular weight is 245 g/mol. The summed E-state index contributed by atoms with van der Waals surface area (Å²) in [4.78, 5) is 0. The van der Waals surface area contributed by atoms with E-state index in [1.54, 1.807) is 0 Å². The first kappa shape index (κ1) is 13.6. The fourth-order valence-corrected chi connectivity index (χ4v) is 3.27. The minimum absolute atomic E-state index is 0.109. The van der Waals surface area contributed by atoms with Crippen LogP contribution in [0.25, 0.3) is 0 Å². The van der Waals surface area contributed by atoms with E-state index in [4.69, 9.17) is 5.73 Å². The number of hydrogen-bond acceptors (Lipinski definition) is 1. The molecule has 0 spiro atoms. The average Bonchev–Trinajstić information content (AvgIpc) is 2.34. The Morgan fingerprint density at radius 2 is 1.78 bits per heavy atom. The fraction of sp³-hybridized carbons (Fsp3) is 0.647. The molecule has 2 N–H and O–H groups in total. The van der Waals surface area contributed by atoms with E-state index in [9.17, 15) is 0 Å². The second kappa shape index (κ2) is 5.05. The van der Waals surface area contributed by atoms with Gasteiger partial charge in [-0.2, -0.15) is 0 Å². The highest BCUT2D eigenvalue weighted by Crippen LogP contribution is 2.41. The summed E-state index contributed by atoms with van der Waals surface area (Å²) in [6.45, 7) is 9.13. The SMILES string of the molecule is CC1CCC(N)(c2ccc(C(C)C)cc2)C(C)C1. The summed E-state index contributed by atoms with van der Waals surface area (Å²) < 4.78 is 0. The molecule has 1 aromatic rings. The Morgan fingerprint density at radius 1 is 1.17 bits per heavy atom. The minimum atomic E-state index is -0.109. The van der Waals surface area contributed by atoms with Gasteiger partial charge in [-0.15, -0.1) is 0 Å². The van der Waals surface area contributed by atoms with E-state index < -0.39 is 0 Å². The molecule has 0 aliphatic heterocycles. The highest BCUT2D eigenvalue weighted by atomic mass is 14.8. The van der Waals surface area contributed by atoms with Gasteiger partial charge in [0.2, 0.25) is 0 Å². The van der Waals surface area contributed by atoms with Crippen molar-refractivity contribution in [2.75, 3.05) is 0 Å². The first-order chi connectivity index (χ1) is 8.43. The van der Waals surface area contributed by atoms with Crippen LogP contribution in [0.15, 0.2) is 24.3 Å². The van der Waals surface area contributed by atoms with Crippen molar-refractivity contribution in [2.24, 2.45) is 17.6 Å². The fourth-order valence-electron chi connectivity index (χ4n) is 3.27. The Labute approximate surface area is 112 Å². The number of nitrogens with two attached hydrogens (primary N) is 1. The van der Waals surface area contributed by atoms with E-state index in [0.717, 1.165) is 12.3 Å². The molecule has 1 nitrogen and oxygen atoms in total. The Morgan fingerprint density at radius 3 is 2.28 bits per heavy atom. The van der Waals surface area contributed by atoms with Crippen molar-refractivity contribution in [1.82, 2.24) is 0 Å². The predicted octanol–water partition coefficient (Wildman–Crippen LogP) is 4.42. The maximum atomic E-state index is 6.71. The van der Waals surface area contributed by atoms with Crippen molar-refractivity contribution < 1.29 is 0 Å². The normalized spacial score (nSPS) is 32.8. The Hall–Kier alpha value is -0.820. The molecule has 100 valence electrons. The van der Waals surface area contributed by atoms with Crippen LogP contribution in [0, 0.1) is 11.8 Å². The molecule has 1 aromatic carbocycles. The third-order valence-corrected chi connectivity index (χ3v) is 4.80. The van der Waals surface area contributed by atoms with Crippen LogP contribution in [0.1, 0.15) is 64.0 Å². The monoisotopic (exact) mass is 245 g/mol. The molecule has 0 aromatic heterocycles. The van der Waals surface area contributed by atoms with Gasteiger partial charge >= 0.3 is 0 Å². The lowest BCUT2D eigenvalue weighted by molar-refractivity contribution is 0.164. The van der Waals surface area contributed by atoms with Crippen LogP contribution in [-0.2, 0) is 5.54 Å². The van der Waals surface area contributed by atoms with E-state index in [2.05, 4.69) is 52.0 Å². The van der Waals surface area contributed by atoms with Gasteiger partial charge in [0.25, 0.3) is 0 Å². The summed E-state index contributed by atoms with van der Waals surface area (Å²) in [5.41, 5.74) is 9.33. The van der Waals surface area contributed by atoms with Crippen LogP contribution in [0.4, 0.5) is 0 Å². The minimum Gasteiger partial charge on any atom is -0.321 e. The van der Waals surface area contributed by atoms with E-state index >= 15 is 0 Å². The lowest BCUT2D eigenvalue weighted by Crippen LogP contribution is -2.46. The van der Waals surface area contributed by atoms with Crippen molar-refractivity contribution >= 4 is 0 Å². The third-order valence-electron chi connectivity index (χ3n) is 4.80. The molecule has 1 heteroatoms. The third kappa shape index (κ3) is 2.47. The van der Waals surface area contributed by atoms with E-state index in [1.165, 1.54) is 24.0 Å². The summed E-state index contributed by atoms with van der Waals surface area (Å²) in [5.74, 6) is 1.99. The molecule has 0 radical (unpaired) electrons. The maximum absolute atomic E-state index is 6.71. The Bertz CT molecular complexity index is 393. The van der Waals surface area contributed by atoms with Gasteiger partial charge in [0.15, 0.2) is 0 Å². The van der Waals surface area contributed by atoms with Crippen LogP contribution in [0.5, 0.6) is 0 Å². The lowest BCUT2D eigenvalue weighted by atomic mass is 9.67. The second-order valence-corrected chi connectivity index (χ2v) is 6.60. The molecule has 1 aliphatic carbocycles. The van der Waals surface area contributed by atoms with Gasteiger partial charge < -0.3 is 5.73 Å². The molecule has 0 amide bonds. The van der Waals surface area contributed by atoms with E-state index in [-0.39, 0.29) is 5.54 Å². The van der Waals surface area contributed by atoms with E-state index in [0.29, 0.717) is 11.8 Å². The van der Waals surface area contributed by atoms with Gasteiger partial charge in [0.05, 0.1) is 0 Å². The number of hydrogen-bond donors (Lipinski definition) is 1. The summed E-state index contributed by atoms with van der Waals surface area (Å²) in [5, 5.41) is 0. The zero-order valence-corrected chi connectivity index (χ0v) is 12.2. The number of benzene rings is 1. The molecule has 0 bridgehead atoms.